The first-order valence-corrected chi connectivity index (χ1v) is 10.5. The van der Waals surface area contributed by atoms with Gasteiger partial charge in [0.2, 0.25) is 11.8 Å². The number of ether oxygens (including phenoxy) is 1. The lowest BCUT2D eigenvalue weighted by Crippen LogP contribution is -2.50. The molecule has 2 amide bonds. The Morgan fingerprint density at radius 2 is 1.83 bits per heavy atom. The number of amides is 2. The lowest BCUT2D eigenvalue weighted by atomic mass is 10.0. The van der Waals surface area contributed by atoms with Crippen LogP contribution in [0, 0.1) is 13.8 Å². The molecule has 0 bridgehead atoms. The molecule has 0 fully saturated rings. The number of methoxy groups -OCH3 is 1. The summed E-state index contributed by atoms with van der Waals surface area (Å²) in [7, 11) is 1.62. The molecule has 5 heteroatoms. The van der Waals surface area contributed by atoms with E-state index in [0.29, 0.717) is 13.0 Å². The van der Waals surface area contributed by atoms with Crippen LogP contribution in [0.3, 0.4) is 0 Å². The molecule has 0 radical (unpaired) electrons. The Bertz CT molecular complexity index is 876. The molecule has 1 N–H and O–H groups in total. The molecule has 0 heterocycles. The van der Waals surface area contributed by atoms with Crippen molar-refractivity contribution in [2.45, 2.75) is 66.1 Å². The first kappa shape index (κ1) is 23.5. The lowest BCUT2D eigenvalue weighted by molar-refractivity contribution is -0.141. The summed E-state index contributed by atoms with van der Waals surface area (Å²) in [5.41, 5.74) is 4.12. The number of rotatable bonds is 9. The summed E-state index contributed by atoms with van der Waals surface area (Å²) in [6, 6.07) is 13.2. The monoisotopic (exact) mass is 410 g/mol. The Labute approximate surface area is 180 Å². The van der Waals surface area contributed by atoms with Crippen LogP contribution in [0.5, 0.6) is 5.75 Å². The Hall–Kier alpha value is -2.82. The minimum Gasteiger partial charge on any atom is -0.497 e. The van der Waals surface area contributed by atoms with Gasteiger partial charge in [-0.3, -0.25) is 9.59 Å². The molecule has 5 nitrogen and oxygen atoms in total. The van der Waals surface area contributed by atoms with E-state index in [9.17, 15) is 9.59 Å². The first-order chi connectivity index (χ1) is 14.2. The van der Waals surface area contributed by atoms with E-state index in [-0.39, 0.29) is 24.3 Å². The van der Waals surface area contributed by atoms with Crippen LogP contribution in [0.4, 0.5) is 0 Å². The van der Waals surface area contributed by atoms with Crippen molar-refractivity contribution < 1.29 is 14.3 Å². The average molecular weight is 411 g/mol. The van der Waals surface area contributed by atoms with E-state index >= 15 is 0 Å². The third-order valence-electron chi connectivity index (χ3n) is 5.15. The maximum Gasteiger partial charge on any atom is 0.243 e. The van der Waals surface area contributed by atoms with Gasteiger partial charge in [-0.05, 0) is 62.9 Å². The molecule has 0 aromatic heterocycles. The van der Waals surface area contributed by atoms with E-state index in [1.54, 1.807) is 12.0 Å². The van der Waals surface area contributed by atoms with E-state index in [4.69, 9.17) is 4.74 Å². The van der Waals surface area contributed by atoms with Crippen LogP contribution in [0.25, 0.3) is 0 Å². The number of hydrogen-bond donors (Lipinski definition) is 1. The molecule has 0 aliphatic heterocycles. The summed E-state index contributed by atoms with van der Waals surface area (Å²) in [6.45, 7) is 10.2. The number of aryl methyl sites for hydroxylation is 2. The molecule has 2 aromatic carbocycles. The summed E-state index contributed by atoms with van der Waals surface area (Å²) in [5, 5.41) is 2.96. The first-order valence-electron chi connectivity index (χ1n) is 10.5. The largest absolute Gasteiger partial charge is 0.497 e. The van der Waals surface area contributed by atoms with Gasteiger partial charge in [-0.25, -0.2) is 0 Å². The second-order valence-corrected chi connectivity index (χ2v) is 8.07. The molecule has 30 heavy (non-hydrogen) atoms. The number of nitrogens with one attached hydrogen (secondary N) is 1. The van der Waals surface area contributed by atoms with Gasteiger partial charge >= 0.3 is 0 Å². The molecular weight excluding hydrogens is 376 g/mol. The topological polar surface area (TPSA) is 58.6 Å². The summed E-state index contributed by atoms with van der Waals surface area (Å²) in [6.07, 6.45) is 0.810. The van der Waals surface area contributed by atoms with Gasteiger partial charge < -0.3 is 15.0 Å². The fourth-order valence-corrected chi connectivity index (χ4v) is 3.52. The van der Waals surface area contributed by atoms with Crippen molar-refractivity contribution in [3.63, 3.8) is 0 Å². The zero-order valence-corrected chi connectivity index (χ0v) is 19.0. The zero-order chi connectivity index (χ0) is 22.3. The average Bonchev–Trinajstić information content (AvgIpc) is 2.70. The van der Waals surface area contributed by atoms with E-state index in [0.717, 1.165) is 28.0 Å². The van der Waals surface area contributed by atoms with Gasteiger partial charge in [-0.2, -0.15) is 0 Å². The Kier molecular flexibility index (Phi) is 8.46. The number of benzene rings is 2. The highest BCUT2D eigenvalue weighted by Crippen LogP contribution is 2.19. The van der Waals surface area contributed by atoms with Crippen LogP contribution < -0.4 is 10.1 Å². The van der Waals surface area contributed by atoms with Gasteiger partial charge in [0.15, 0.2) is 0 Å². The highest BCUT2D eigenvalue weighted by atomic mass is 16.5. The third kappa shape index (κ3) is 6.34. The summed E-state index contributed by atoms with van der Waals surface area (Å²) >= 11 is 0. The predicted molar refractivity (Wildman–Crippen MR) is 121 cm³/mol. The second-order valence-electron chi connectivity index (χ2n) is 8.07. The molecule has 0 saturated carbocycles. The number of nitrogens with zero attached hydrogens (tertiary/aromatic N) is 1. The quantitative estimate of drug-likeness (QED) is 0.674. The van der Waals surface area contributed by atoms with E-state index in [1.807, 2.05) is 77.1 Å². The fourth-order valence-electron chi connectivity index (χ4n) is 3.52. The fraction of sp³-hybridized carbons (Fsp3) is 0.440. The normalized spacial score (nSPS) is 11.8. The van der Waals surface area contributed by atoms with Crippen molar-refractivity contribution in [3.8, 4) is 5.75 Å². The van der Waals surface area contributed by atoms with Gasteiger partial charge in [-0.15, -0.1) is 0 Å². The number of carbonyl (C=O) groups excluding carboxylic acids is 2. The molecule has 0 spiro atoms. The van der Waals surface area contributed by atoms with Crippen LogP contribution in [-0.2, 0) is 22.6 Å². The molecule has 1 atom stereocenters. The standard InChI is InChI=1S/C25H34N2O3/c1-7-23(25(29)26-17(2)3)27(16-20-9-8-10-22(14-20)30-6)24(28)15-21-13-18(4)11-12-19(21)5/h8-14,17,23H,7,15-16H2,1-6H3,(H,26,29)/t23-/m1/s1. The maximum absolute atomic E-state index is 13.4. The van der Waals surface area contributed by atoms with Gasteiger partial charge in [-0.1, -0.05) is 42.8 Å². The molecule has 0 aliphatic carbocycles. The SMILES string of the molecule is CC[C@H](C(=O)NC(C)C)N(Cc1cccc(OC)c1)C(=O)Cc1cc(C)ccc1C. The summed E-state index contributed by atoms with van der Waals surface area (Å²) < 4.78 is 5.33. The van der Waals surface area contributed by atoms with E-state index in [2.05, 4.69) is 5.32 Å². The minimum atomic E-state index is -0.531. The molecular formula is C25H34N2O3. The van der Waals surface area contributed by atoms with Crippen LogP contribution in [0.2, 0.25) is 0 Å². The van der Waals surface area contributed by atoms with Crippen molar-refractivity contribution in [2.24, 2.45) is 0 Å². The van der Waals surface area contributed by atoms with Gasteiger partial charge in [0.05, 0.1) is 13.5 Å². The van der Waals surface area contributed by atoms with Crippen molar-refractivity contribution in [1.29, 1.82) is 0 Å². The zero-order valence-electron chi connectivity index (χ0n) is 19.0. The van der Waals surface area contributed by atoms with Crippen LogP contribution in [0.1, 0.15) is 49.4 Å². The van der Waals surface area contributed by atoms with Crippen molar-refractivity contribution >= 4 is 11.8 Å². The molecule has 0 saturated heterocycles. The highest BCUT2D eigenvalue weighted by molar-refractivity contribution is 5.88. The van der Waals surface area contributed by atoms with Crippen molar-refractivity contribution in [1.82, 2.24) is 10.2 Å². The van der Waals surface area contributed by atoms with Crippen LogP contribution in [-0.4, -0.2) is 35.9 Å². The lowest BCUT2D eigenvalue weighted by Gasteiger charge is -2.31. The Morgan fingerprint density at radius 1 is 1.10 bits per heavy atom. The molecule has 2 rings (SSSR count). The molecule has 0 aliphatic rings. The van der Waals surface area contributed by atoms with Crippen LogP contribution >= 0.6 is 0 Å². The van der Waals surface area contributed by atoms with Crippen LogP contribution in [0.15, 0.2) is 42.5 Å². The Morgan fingerprint density at radius 3 is 2.47 bits per heavy atom. The smallest absolute Gasteiger partial charge is 0.243 e. The van der Waals surface area contributed by atoms with Gasteiger partial charge in [0, 0.05) is 12.6 Å². The van der Waals surface area contributed by atoms with Crippen molar-refractivity contribution in [2.75, 3.05) is 7.11 Å². The Balaban J connectivity index is 2.36. The highest BCUT2D eigenvalue weighted by Gasteiger charge is 2.29. The maximum atomic E-state index is 13.4. The number of carbonyl (C=O) groups is 2. The predicted octanol–water partition coefficient (Wildman–Crippen LogP) is 4.19. The summed E-state index contributed by atoms with van der Waals surface area (Å²) in [4.78, 5) is 28.0. The van der Waals surface area contributed by atoms with Crippen molar-refractivity contribution in [3.05, 3.63) is 64.7 Å². The molecule has 2 aromatic rings. The van der Waals surface area contributed by atoms with Gasteiger partial charge in [0.25, 0.3) is 0 Å². The molecule has 162 valence electrons. The van der Waals surface area contributed by atoms with Gasteiger partial charge in [0.1, 0.15) is 11.8 Å². The minimum absolute atomic E-state index is 0.0133. The number of hydrogen-bond acceptors (Lipinski definition) is 3. The molecule has 0 unspecified atom stereocenters. The van der Waals surface area contributed by atoms with E-state index < -0.39 is 6.04 Å². The van der Waals surface area contributed by atoms with E-state index in [1.165, 1.54) is 0 Å². The second kappa shape index (κ2) is 10.8. The third-order valence-corrected chi connectivity index (χ3v) is 5.15. The summed E-state index contributed by atoms with van der Waals surface area (Å²) in [5.74, 6) is 0.552.